The molecule has 1 aliphatic heterocycles. The predicted molar refractivity (Wildman–Crippen MR) is 127 cm³/mol. The van der Waals surface area contributed by atoms with Gasteiger partial charge >= 0.3 is 0 Å². The number of piperazine rings is 1. The van der Waals surface area contributed by atoms with Gasteiger partial charge in [0.05, 0.1) is 10.6 Å². The summed E-state index contributed by atoms with van der Waals surface area (Å²) in [6.07, 6.45) is 3.36. The van der Waals surface area contributed by atoms with Crippen LogP contribution in [0.3, 0.4) is 0 Å². The van der Waals surface area contributed by atoms with Gasteiger partial charge < -0.3 is 20.5 Å². The van der Waals surface area contributed by atoms with Gasteiger partial charge in [-0.1, -0.05) is 23.9 Å². The van der Waals surface area contributed by atoms with Crippen molar-refractivity contribution in [2.75, 3.05) is 43.4 Å². The van der Waals surface area contributed by atoms with Crippen molar-refractivity contribution in [3.05, 3.63) is 59.9 Å². The maximum Gasteiger partial charge on any atom is 0.257 e. The van der Waals surface area contributed by atoms with E-state index in [0.717, 1.165) is 65.6 Å². The molecular formula is C22H23N7OS. The molecule has 0 bridgehead atoms. The Morgan fingerprint density at radius 1 is 1.06 bits per heavy atom. The third-order valence-electron chi connectivity index (χ3n) is 5.24. The minimum Gasteiger partial charge on any atom is -0.354 e. The van der Waals surface area contributed by atoms with Crippen LogP contribution in [0.25, 0.3) is 10.8 Å². The summed E-state index contributed by atoms with van der Waals surface area (Å²) in [5.74, 6) is 1.01. The SMILES string of the molecule is CN1CCN(c2cc(C(=O)Nc3cc4cc(C(=N)SC=N)ccc4cn3)ccn2)CC1. The summed E-state index contributed by atoms with van der Waals surface area (Å²) in [6.45, 7) is 3.70. The van der Waals surface area contributed by atoms with E-state index in [0.29, 0.717) is 16.4 Å². The quantitative estimate of drug-likeness (QED) is 0.421. The van der Waals surface area contributed by atoms with E-state index in [4.69, 9.17) is 10.8 Å². The van der Waals surface area contributed by atoms with Crippen LogP contribution < -0.4 is 10.2 Å². The van der Waals surface area contributed by atoms with Gasteiger partial charge in [-0.25, -0.2) is 9.97 Å². The second-order valence-electron chi connectivity index (χ2n) is 7.34. The Hall–Kier alpha value is -3.30. The van der Waals surface area contributed by atoms with Crippen molar-refractivity contribution in [1.29, 1.82) is 10.8 Å². The number of amides is 1. The molecule has 0 radical (unpaired) electrons. The second kappa shape index (κ2) is 9.23. The van der Waals surface area contributed by atoms with E-state index < -0.39 is 0 Å². The van der Waals surface area contributed by atoms with Crippen molar-refractivity contribution < 1.29 is 4.79 Å². The molecular weight excluding hydrogens is 410 g/mol. The number of aromatic nitrogens is 2. The van der Waals surface area contributed by atoms with Crippen molar-refractivity contribution in [2.45, 2.75) is 0 Å². The fourth-order valence-corrected chi connectivity index (χ4v) is 3.82. The van der Waals surface area contributed by atoms with E-state index in [2.05, 4.69) is 32.1 Å². The Balaban J connectivity index is 1.52. The molecule has 1 fully saturated rings. The van der Waals surface area contributed by atoms with E-state index >= 15 is 0 Å². The summed E-state index contributed by atoms with van der Waals surface area (Å²) in [5, 5.41) is 20.1. The molecule has 9 heteroatoms. The number of nitrogens with one attached hydrogen (secondary N) is 3. The first-order valence-corrected chi connectivity index (χ1v) is 10.8. The predicted octanol–water partition coefficient (Wildman–Crippen LogP) is 3.30. The third-order valence-corrected chi connectivity index (χ3v) is 5.83. The van der Waals surface area contributed by atoms with Crippen molar-refractivity contribution in [3.63, 3.8) is 0 Å². The number of benzene rings is 1. The van der Waals surface area contributed by atoms with Crippen molar-refractivity contribution in [1.82, 2.24) is 14.9 Å². The first-order valence-electron chi connectivity index (χ1n) is 9.89. The number of hydrogen-bond donors (Lipinski definition) is 3. The molecule has 0 atom stereocenters. The van der Waals surface area contributed by atoms with Gasteiger partial charge in [0.2, 0.25) is 0 Å². The highest BCUT2D eigenvalue weighted by atomic mass is 32.2. The summed E-state index contributed by atoms with van der Waals surface area (Å²) in [7, 11) is 2.10. The number of likely N-dealkylation sites (N-methyl/N-ethyl adjacent to an activating group) is 1. The van der Waals surface area contributed by atoms with Gasteiger partial charge in [-0.05, 0) is 36.7 Å². The normalized spacial score (nSPS) is 14.4. The lowest BCUT2D eigenvalue weighted by molar-refractivity contribution is 0.102. The van der Waals surface area contributed by atoms with Gasteiger partial charge in [0, 0.05) is 55.1 Å². The highest BCUT2D eigenvalue weighted by Gasteiger charge is 2.17. The summed E-state index contributed by atoms with van der Waals surface area (Å²) < 4.78 is 0. The van der Waals surface area contributed by atoms with Crippen molar-refractivity contribution >= 4 is 50.7 Å². The number of pyridine rings is 2. The van der Waals surface area contributed by atoms with Gasteiger partial charge in [-0.15, -0.1) is 0 Å². The highest BCUT2D eigenvalue weighted by molar-refractivity contribution is 8.25. The molecule has 2 aromatic heterocycles. The van der Waals surface area contributed by atoms with Crippen LogP contribution in [0.15, 0.2) is 48.8 Å². The molecule has 0 unspecified atom stereocenters. The Kier molecular flexibility index (Phi) is 6.24. The summed E-state index contributed by atoms with van der Waals surface area (Å²) in [4.78, 5) is 26.1. The van der Waals surface area contributed by atoms with E-state index in [-0.39, 0.29) is 5.91 Å². The zero-order chi connectivity index (χ0) is 21.8. The van der Waals surface area contributed by atoms with Gasteiger partial charge in [-0.3, -0.25) is 10.2 Å². The topological polar surface area (TPSA) is 109 Å². The molecule has 1 aromatic carbocycles. The average Bonchev–Trinajstić information content (AvgIpc) is 2.79. The molecule has 1 saturated heterocycles. The smallest absolute Gasteiger partial charge is 0.257 e. The van der Waals surface area contributed by atoms with Crippen LogP contribution in [0.5, 0.6) is 0 Å². The van der Waals surface area contributed by atoms with E-state index in [1.54, 1.807) is 24.5 Å². The van der Waals surface area contributed by atoms with Crippen LogP contribution in [0.1, 0.15) is 15.9 Å². The molecule has 1 amide bonds. The summed E-state index contributed by atoms with van der Waals surface area (Å²) in [5.41, 5.74) is 2.38. The molecule has 0 aliphatic carbocycles. The van der Waals surface area contributed by atoms with Crippen molar-refractivity contribution in [2.24, 2.45) is 0 Å². The molecule has 0 saturated carbocycles. The minimum atomic E-state index is -0.243. The Morgan fingerprint density at radius 2 is 1.87 bits per heavy atom. The van der Waals surface area contributed by atoms with E-state index in [9.17, 15) is 4.79 Å². The van der Waals surface area contributed by atoms with Crippen molar-refractivity contribution in [3.8, 4) is 0 Å². The van der Waals surface area contributed by atoms with Gasteiger partial charge in [0.25, 0.3) is 5.91 Å². The number of fused-ring (bicyclic) bond motifs is 1. The van der Waals surface area contributed by atoms with Crippen LogP contribution >= 0.6 is 11.8 Å². The molecule has 31 heavy (non-hydrogen) atoms. The zero-order valence-electron chi connectivity index (χ0n) is 17.1. The summed E-state index contributed by atoms with van der Waals surface area (Å²) in [6, 6.07) is 10.9. The minimum absolute atomic E-state index is 0.243. The molecule has 1 aliphatic rings. The zero-order valence-corrected chi connectivity index (χ0v) is 17.9. The number of carbonyl (C=O) groups is 1. The van der Waals surface area contributed by atoms with Gasteiger partial charge in [0.1, 0.15) is 11.6 Å². The molecule has 158 valence electrons. The molecule has 0 spiro atoms. The Labute approximate surface area is 184 Å². The molecule has 4 rings (SSSR count). The number of nitrogens with zero attached hydrogens (tertiary/aromatic N) is 4. The Morgan fingerprint density at radius 3 is 2.65 bits per heavy atom. The number of carbonyl (C=O) groups excluding carboxylic acids is 1. The highest BCUT2D eigenvalue weighted by Crippen LogP contribution is 2.22. The number of hydrogen-bond acceptors (Lipinski definition) is 8. The molecule has 3 heterocycles. The fraction of sp³-hybridized carbons (Fsp3) is 0.227. The number of thioether (sulfide) groups is 1. The maximum atomic E-state index is 12.8. The lowest BCUT2D eigenvalue weighted by Crippen LogP contribution is -2.44. The van der Waals surface area contributed by atoms with Crippen LogP contribution in [0.4, 0.5) is 11.6 Å². The van der Waals surface area contributed by atoms with Crippen LogP contribution in [0, 0.1) is 10.8 Å². The number of rotatable bonds is 5. The number of anilines is 2. The third kappa shape index (κ3) is 4.89. The molecule has 8 nitrogen and oxygen atoms in total. The largest absolute Gasteiger partial charge is 0.354 e. The standard InChI is InChI=1S/C22H23N7OS/c1-28-6-8-29(9-7-28)20-12-16(4-5-25-20)22(30)27-19-11-18-10-15(21(24)31-14-23)2-3-17(18)13-26-19/h2-5,10-14,23-24H,6-9H2,1H3,(H,26,27,30). The fourth-order valence-electron chi connectivity index (χ4n) is 3.43. The first kappa shape index (κ1) is 21.0. The van der Waals surface area contributed by atoms with Crippen LogP contribution in [-0.4, -0.2) is 64.6 Å². The van der Waals surface area contributed by atoms with E-state index in [1.807, 2.05) is 24.3 Å². The Bertz CT molecular complexity index is 1140. The lowest BCUT2D eigenvalue weighted by atomic mass is 10.1. The van der Waals surface area contributed by atoms with Gasteiger partial charge in [-0.2, -0.15) is 0 Å². The lowest BCUT2D eigenvalue weighted by Gasteiger charge is -2.33. The monoisotopic (exact) mass is 433 g/mol. The summed E-state index contributed by atoms with van der Waals surface area (Å²) >= 11 is 1.05. The van der Waals surface area contributed by atoms with Crippen LogP contribution in [0.2, 0.25) is 0 Å². The average molecular weight is 434 g/mol. The first-order chi connectivity index (χ1) is 15.0. The molecule has 3 aromatic rings. The second-order valence-corrected chi connectivity index (χ2v) is 8.22. The molecule has 3 N–H and O–H groups in total. The van der Waals surface area contributed by atoms with Crippen LogP contribution in [-0.2, 0) is 0 Å². The van der Waals surface area contributed by atoms with E-state index in [1.165, 1.54) is 0 Å². The maximum absolute atomic E-state index is 12.8. The van der Waals surface area contributed by atoms with Gasteiger partial charge in [0.15, 0.2) is 0 Å².